The number of nitrogens with zero attached hydrogens (tertiary/aromatic N) is 1. The molecule has 5 heteroatoms. The maximum atomic E-state index is 13.4. The third-order valence-electron chi connectivity index (χ3n) is 6.90. The van der Waals surface area contributed by atoms with Crippen molar-refractivity contribution in [1.82, 2.24) is 4.90 Å². The van der Waals surface area contributed by atoms with Crippen LogP contribution in [0.1, 0.15) is 65.5 Å². The Morgan fingerprint density at radius 3 is 2.17 bits per heavy atom. The van der Waals surface area contributed by atoms with E-state index in [1.165, 1.54) is 5.56 Å². The van der Waals surface area contributed by atoms with Gasteiger partial charge in [-0.25, -0.2) is 4.79 Å². The summed E-state index contributed by atoms with van der Waals surface area (Å²) in [5.41, 5.74) is 0.984. The Morgan fingerprint density at radius 2 is 1.67 bits per heavy atom. The molecule has 1 amide bonds. The number of amides is 1. The van der Waals surface area contributed by atoms with Gasteiger partial charge in [0.25, 0.3) is 0 Å². The van der Waals surface area contributed by atoms with Gasteiger partial charge in [-0.1, -0.05) is 63.8 Å². The molecule has 30 heavy (non-hydrogen) atoms. The number of ether oxygens (including phenoxy) is 2. The molecule has 0 unspecified atom stereocenters. The highest BCUT2D eigenvalue weighted by molar-refractivity contribution is 6.77. The highest BCUT2D eigenvalue weighted by atomic mass is 28.3. The van der Waals surface area contributed by atoms with E-state index >= 15 is 0 Å². The van der Waals surface area contributed by atoms with Crippen LogP contribution in [0.15, 0.2) is 30.3 Å². The second-order valence-electron chi connectivity index (χ2n) is 12.3. The van der Waals surface area contributed by atoms with Crippen molar-refractivity contribution in [3.8, 4) is 0 Å². The maximum Gasteiger partial charge on any atom is 0.412 e. The largest absolute Gasteiger partial charge is 0.446 e. The van der Waals surface area contributed by atoms with Gasteiger partial charge in [-0.2, -0.15) is 0 Å². The summed E-state index contributed by atoms with van der Waals surface area (Å²) in [5.74, 6) is 0.341. The normalized spacial score (nSPS) is 28.4. The maximum absolute atomic E-state index is 13.4. The van der Waals surface area contributed by atoms with E-state index in [9.17, 15) is 4.79 Å². The van der Waals surface area contributed by atoms with Crippen LogP contribution in [-0.4, -0.2) is 43.0 Å². The lowest BCUT2D eigenvalue weighted by Gasteiger charge is -2.40. The quantitative estimate of drug-likeness (QED) is 0.515. The molecule has 3 rings (SSSR count). The van der Waals surface area contributed by atoms with E-state index in [0.29, 0.717) is 18.1 Å². The standard InChI is InChI=1S/C25H41NO3Si/c1-23(2)15-19(21(30(7,8)9)18-13-11-10-12-14-18)20(16-23)29-22(27)26-24(3,4)17-28-25(26,5)6/h10-14,19-21H,15-17H2,1-9H3/t19-,20-,21+/m1/s1. The van der Waals surface area contributed by atoms with Crippen LogP contribution in [0.4, 0.5) is 4.79 Å². The van der Waals surface area contributed by atoms with Gasteiger partial charge in [-0.3, -0.25) is 4.90 Å². The predicted molar refractivity (Wildman–Crippen MR) is 125 cm³/mol. The van der Waals surface area contributed by atoms with Gasteiger partial charge in [-0.05, 0) is 57.1 Å². The van der Waals surface area contributed by atoms with Crippen molar-refractivity contribution in [3.63, 3.8) is 0 Å². The van der Waals surface area contributed by atoms with E-state index in [1.54, 1.807) is 4.90 Å². The molecule has 1 aromatic carbocycles. The fourth-order valence-electron chi connectivity index (χ4n) is 5.92. The van der Waals surface area contributed by atoms with E-state index in [0.717, 1.165) is 12.8 Å². The van der Waals surface area contributed by atoms with Crippen LogP contribution in [0.2, 0.25) is 19.6 Å². The second kappa shape index (κ2) is 7.66. The van der Waals surface area contributed by atoms with Crippen LogP contribution in [0, 0.1) is 11.3 Å². The Balaban J connectivity index is 1.92. The highest BCUT2D eigenvalue weighted by Crippen LogP contribution is 2.51. The van der Waals surface area contributed by atoms with Crippen LogP contribution >= 0.6 is 0 Å². The number of benzene rings is 1. The minimum absolute atomic E-state index is 0.0726. The molecule has 0 spiro atoms. The molecule has 1 aliphatic carbocycles. The van der Waals surface area contributed by atoms with Crippen LogP contribution in [0.3, 0.4) is 0 Å². The number of hydrogen-bond donors (Lipinski definition) is 0. The van der Waals surface area contributed by atoms with E-state index in [-0.39, 0.29) is 23.2 Å². The van der Waals surface area contributed by atoms with Crippen molar-refractivity contribution in [2.24, 2.45) is 11.3 Å². The summed E-state index contributed by atoms with van der Waals surface area (Å²) >= 11 is 0. The van der Waals surface area contributed by atoms with Crippen LogP contribution in [0.5, 0.6) is 0 Å². The van der Waals surface area contributed by atoms with Gasteiger partial charge >= 0.3 is 6.09 Å². The van der Waals surface area contributed by atoms with Crippen molar-refractivity contribution in [1.29, 1.82) is 0 Å². The first kappa shape index (κ1) is 23.3. The molecular weight excluding hydrogens is 390 g/mol. The Labute approximate surface area is 184 Å². The van der Waals surface area contributed by atoms with E-state index in [2.05, 4.69) is 63.8 Å². The van der Waals surface area contributed by atoms with Gasteiger partial charge in [0.1, 0.15) is 11.8 Å². The SMILES string of the molecule is CC1(C)C[C@@H]([C@H](c2ccccc2)[Si](C)(C)C)[C@H](OC(=O)N2C(C)(C)COC2(C)C)C1. The third kappa shape index (κ3) is 4.62. The zero-order valence-corrected chi connectivity index (χ0v) is 21.4. The van der Waals surface area contributed by atoms with Crippen molar-refractivity contribution in [3.05, 3.63) is 35.9 Å². The molecule has 0 bridgehead atoms. The Kier molecular flexibility index (Phi) is 5.96. The summed E-state index contributed by atoms with van der Waals surface area (Å²) in [6, 6.07) is 10.9. The van der Waals surface area contributed by atoms with Crippen molar-refractivity contribution < 1.29 is 14.3 Å². The first-order valence-corrected chi connectivity index (χ1v) is 14.9. The molecule has 0 radical (unpaired) electrons. The molecule has 2 aliphatic rings. The van der Waals surface area contributed by atoms with Gasteiger partial charge in [0, 0.05) is 5.92 Å². The molecule has 1 heterocycles. The van der Waals surface area contributed by atoms with Crippen LogP contribution in [-0.2, 0) is 9.47 Å². The van der Waals surface area contributed by atoms with Crippen molar-refractivity contribution in [2.45, 2.75) is 96.9 Å². The molecule has 1 saturated heterocycles. The minimum Gasteiger partial charge on any atom is -0.446 e. The molecule has 0 N–H and O–H groups in total. The monoisotopic (exact) mass is 431 g/mol. The minimum atomic E-state index is -1.57. The molecule has 3 atom stereocenters. The molecule has 1 saturated carbocycles. The summed E-state index contributed by atoms with van der Waals surface area (Å²) in [5, 5.41) is 0. The van der Waals surface area contributed by atoms with E-state index < -0.39 is 13.8 Å². The van der Waals surface area contributed by atoms with Crippen LogP contribution < -0.4 is 0 Å². The molecular formula is C25H41NO3Si. The van der Waals surface area contributed by atoms with Gasteiger partial charge in [0.05, 0.1) is 20.2 Å². The molecule has 168 valence electrons. The Bertz CT molecular complexity index is 750. The van der Waals surface area contributed by atoms with E-state index in [4.69, 9.17) is 9.47 Å². The van der Waals surface area contributed by atoms with Gasteiger partial charge in [0.15, 0.2) is 0 Å². The number of rotatable bonds is 4. The van der Waals surface area contributed by atoms with Crippen molar-refractivity contribution in [2.75, 3.05) is 6.61 Å². The lowest BCUT2D eigenvalue weighted by atomic mass is 9.88. The lowest BCUT2D eigenvalue weighted by Crippen LogP contribution is -2.54. The Hall–Kier alpha value is -1.33. The van der Waals surface area contributed by atoms with Crippen LogP contribution in [0.25, 0.3) is 0 Å². The third-order valence-corrected chi connectivity index (χ3v) is 9.52. The summed E-state index contributed by atoms with van der Waals surface area (Å²) in [6.07, 6.45) is 1.68. The molecule has 4 nitrogen and oxygen atoms in total. The zero-order chi connectivity index (χ0) is 22.5. The van der Waals surface area contributed by atoms with Gasteiger partial charge in [0.2, 0.25) is 0 Å². The Morgan fingerprint density at radius 1 is 1.07 bits per heavy atom. The van der Waals surface area contributed by atoms with E-state index in [1.807, 2.05) is 27.7 Å². The predicted octanol–water partition coefficient (Wildman–Crippen LogP) is 6.44. The molecule has 1 aromatic rings. The summed E-state index contributed by atoms with van der Waals surface area (Å²) in [7, 11) is -1.57. The smallest absolute Gasteiger partial charge is 0.412 e. The van der Waals surface area contributed by atoms with Gasteiger partial charge < -0.3 is 9.47 Å². The van der Waals surface area contributed by atoms with Crippen molar-refractivity contribution >= 4 is 14.2 Å². The highest BCUT2D eigenvalue weighted by Gasteiger charge is 2.53. The average molecular weight is 432 g/mol. The second-order valence-corrected chi connectivity index (χ2v) is 17.7. The number of carbonyl (C=O) groups excluding carboxylic acids is 1. The topological polar surface area (TPSA) is 38.8 Å². The zero-order valence-electron chi connectivity index (χ0n) is 20.4. The molecule has 1 aliphatic heterocycles. The first-order chi connectivity index (χ1) is 13.6. The molecule has 2 fully saturated rings. The summed E-state index contributed by atoms with van der Waals surface area (Å²) in [4.78, 5) is 15.2. The molecule has 0 aromatic heterocycles. The number of carbonyl (C=O) groups is 1. The average Bonchev–Trinajstić information content (AvgIpc) is 2.98. The fraction of sp³-hybridized carbons (Fsp3) is 0.720. The lowest BCUT2D eigenvalue weighted by molar-refractivity contribution is -0.0618. The number of hydrogen-bond acceptors (Lipinski definition) is 3. The summed E-state index contributed by atoms with van der Waals surface area (Å²) in [6.45, 7) is 20.5. The summed E-state index contributed by atoms with van der Waals surface area (Å²) < 4.78 is 12.3. The first-order valence-electron chi connectivity index (χ1n) is 11.3. The van der Waals surface area contributed by atoms with Gasteiger partial charge in [-0.15, -0.1) is 0 Å². The fourth-order valence-corrected chi connectivity index (χ4v) is 8.73.